The Morgan fingerprint density at radius 1 is 1.39 bits per heavy atom. The van der Waals surface area contributed by atoms with Crippen LogP contribution in [0.4, 0.5) is 0 Å². The van der Waals surface area contributed by atoms with Crippen LogP contribution in [0, 0.1) is 0 Å². The molecule has 0 bridgehead atoms. The zero-order valence-electron chi connectivity index (χ0n) is 10.2. The normalized spacial score (nSPS) is 18.3. The molecule has 1 aliphatic rings. The van der Waals surface area contributed by atoms with Gasteiger partial charge in [0.1, 0.15) is 5.75 Å². The number of amides is 1. The van der Waals surface area contributed by atoms with Crippen LogP contribution < -0.4 is 10.5 Å². The molecule has 1 unspecified atom stereocenters. The lowest BCUT2D eigenvalue weighted by molar-refractivity contribution is -0.134. The zero-order chi connectivity index (χ0) is 12.1. The summed E-state index contributed by atoms with van der Waals surface area (Å²) in [6.45, 7) is 1.44. The van der Waals surface area contributed by atoms with E-state index in [2.05, 4.69) is 0 Å². The first-order valence-electron chi connectivity index (χ1n) is 5.98. The van der Waals surface area contributed by atoms with E-state index in [0.717, 1.165) is 25.1 Å². The summed E-state index contributed by atoms with van der Waals surface area (Å²) in [5.41, 5.74) is 5.63. The van der Waals surface area contributed by atoms with Gasteiger partial charge < -0.3 is 15.4 Å². The number of nitrogens with two attached hydrogens (primary N) is 1. The number of para-hydroxylation sites is 1. The molecule has 0 radical (unpaired) electrons. The number of hydrogen-bond donors (Lipinski definition) is 1. The van der Waals surface area contributed by atoms with Gasteiger partial charge in [-0.25, -0.2) is 0 Å². The molecule has 5 heteroatoms. The maximum absolute atomic E-state index is 11.9. The molecule has 18 heavy (non-hydrogen) atoms. The molecule has 1 fully saturated rings. The second kappa shape index (κ2) is 7.24. The molecule has 1 aromatic rings. The highest BCUT2D eigenvalue weighted by Crippen LogP contribution is 2.16. The largest absolute Gasteiger partial charge is 0.484 e. The second-order valence-corrected chi connectivity index (χ2v) is 4.22. The summed E-state index contributed by atoms with van der Waals surface area (Å²) in [6, 6.07) is 9.58. The molecule has 1 aromatic carbocycles. The number of likely N-dealkylation sites (tertiary alicyclic amines) is 1. The highest BCUT2D eigenvalue weighted by molar-refractivity contribution is 5.85. The highest BCUT2D eigenvalue weighted by Gasteiger charge is 2.27. The minimum absolute atomic E-state index is 0. The third-order valence-corrected chi connectivity index (χ3v) is 3.08. The number of carbonyl (C=O) groups excluding carboxylic acids is 1. The van der Waals surface area contributed by atoms with Crippen molar-refractivity contribution in [1.82, 2.24) is 4.90 Å². The van der Waals surface area contributed by atoms with Gasteiger partial charge in [0.25, 0.3) is 5.91 Å². The Morgan fingerprint density at radius 3 is 2.78 bits per heavy atom. The minimum Gasteiger partial charge on any atom is -0.484 e. The summed E-state index contributed by atoms with van der Waals surface area (Å²) in [4.78, 5) is 13.8. The Balaban J connectivity index is 0.00000162. The molecule has 2 N–H and O–H groups in total. The Labute approximate surface area is 114 Å². The SMILES string of the molecule is Cl.NCC1CCCN1C(=O)COc1ccccc1. The smallest absolute Gasteiger partial charge is 0.260 e. The molecule has 0 aliphatic carbocycles. The van der Waals surface area contributed by atoms with Gasteiger partial charge in [-0.05, 0) is 25.0 Å². The summed E-state index contributed by atoms with van der Waals surface area (Å²) in [7, 11) is 0. The van der Waals surface area contributed by atoms with E-state index >= 15 is 0 Å². The van der Waals surface area contributed by atoms with Crippen LogP contribution in [-0.4, -0.2) is 36.5 Å². The predicted molar refractivity (Wildman–Crippen MR) is 73.0 cm³/mol. The number of nitrogens with zero attached hydrogens (tertiary/aromatic N) is 1. The molecule has 1 heterocycles. The lowest BCUT2D eigenvalue weighted by Gasteiger charge is -2.23. The highest BCUT2D eigenvalue weighted by atomic mass is 35.5. The van der Waals surface area contributed by atoms with Gasteiger partial charge in [-0.3, -0.25) is 4.79 Å². The fraction of sp³-hybridized carbons (Fsp3) is 0.462. The fourth-order valence-electron chi connectivity index (χ4n) is 2.15. The Hall–Kier alpha value is -1.26. The summed E-state index contributed by atoms with van der Waals surface area (Å²) in [5, 5.41) is 0. The van der Waals surface area contributed by atoms with Crippen LogP contribution in [-0.2, 0) is 4.79 Å². The van der Waals surface area contributed by atoms with E-state index in [4.69, 9.17) is 10.5 Å². The summed E-state index contributed by atoms with van der Waals surface area (Å²) in [6.07, 6.45) is 2.05. The molecule has 1 saturated heterocycles. The first-order valence-corrected chi connectivity index (χ1v) is 5.98. The van der Waals surface area contributed by atoms with Crippen molar-refractivity contribution >= 4 is 18.3 Å². The van der Waals surface area contributed by atoms with E-state index in [0.29, 0.717) is 6.54 Å². The van der Waals surface area contributed by atoms with Gasteiger partial charge in [-0.1, -0.05) is 18.2 Å². The number of carbonyl (C=O) groups is 1. The number of ether oxygens (including phenoxy) is 1. The molecule has 100 valence electrons. The molecule has 0 spiro atoms. The quantitative estimate of drug-likeness (QED) is 0.901. The number of halogens is 1. The van der Waals surface area contributed by atoms with Crippen molar-refractivity contribution in [2.75, 3.05) is 19.7 Å². The van der Waals surface area contributed by atoms with E-state index in [9.17, 15) is 4.79 Å². The molecule has 0 saturated carbocycles. The van der Waals surface area contributed by atoms with E-state index in [1.54, 1.807) is 0 Å². The summed E-state index contributed by atoms with van der Waals surface area (Å²) >= 11 is 0. The fourth-order valence-corrected chi connectivity index (χ4v) is 2.15. The van der Waals surface area contributed by atoms with Crippen molar-refractivity contribution in [3.05, 3.63) is 30.3 Å². The molecular formula is C13H19ClN2O2. The number of rotatable bonds is 4. The van der Waals surface area contributed by atoms with Crippen LogP contribution in [0.1, 0.15) is 12.8 Å². The molecular weight excluding hydrogens is 252 g/mol. The number of benzene rings is 1. The third kappa shape index (κ3) is 3.62. The second-order valence-electron chi connectivity index (χ2n) is 4.22. The van der Waals surface area contributed by atoms with Crippen LogP contribution in [0.5, 0.6) is 5.75 Å². The van der Waals surface area contributed by atoms with Crippen molar-refractivity contribution in [1.29, 1.82) is 0 Å². The van der Waals surface area contributed by atoms with Gasteiger partial charge in [0.2, 0.25) is 0 Å². The maximum Gasteiger partial charge on any atom is 0.260 e. The average Bonchev–Trinajstić information content (AvgIpc) is 2.85. The minimum atomic E-state index is 0. The van der Waals surface area contributed by atoms with Gasteiger partial charge in [-0.2, -0.15) is 0 Å². The first kappa shape index (κ1) is 14.8. The van der Waals surface area contributed by atoms with Crippen LogP contribution in [0.2, 0.25) is 0 Å². The molecule has 0 aromatic heterocycles. The average molecular weight is 271 g/mol. The lowest BCUT2D eigenvalue weighted by Crippen LogP contribution is -2.42. The van der Waals surface area contributed by atoms with Gasteiger partial charge in [0.05, 0.1) is 0 Å². The van der Waals surface area contributed by atoms with E-state index < -0.39 is 0 Å². The molecule has 4 nitrogen and oxygen atoms in total. The number of hydrogen-bond acceptors (Lipinski definition) is 3. The Bertz CT molecular complexity index is 373. The lowest BCUT2D eigenvalue weighted by atomic mass is 10.2. The van der Waals surface area contributed by atoms with Crippen LogP contribution in [0.15, 0.2) is 30.3 Å². The van der Waals surface area contributed by atoms with Crippen molar-refractivity contribution < 1.29 is 9.53 Å². The Kier molecular flexibility index (Phi) is 5.95. The van der Waals surface area contributed by atoms with E-state index in [-0.39, 0.29) is 31.0 Å². The molecule has 1 amide bonds. The zero-order valence-corrected chi connectivity index (χ0v) is 11.1. The summed E-state index contributed by atoms with van der Waals surface area (Å²) < 4.78 is 5.44. The standard InChI is InChI=1S/C13H18N2O2.ClH/c14-9-11-5-4-8-15(11)13(16)10-17-12-6-2-1-3-7-12;/h1-3,6-7,11H,4-5,8-10,14H2;1H. The first-order chi connectivity index (χ1) is 8.31. The van der Waals surface area contributed by atoms with Gasteiger partial charge in [0, 0.05) is 19.1 Å². The Morgan fingerprint density at radius 2 is 2.11 bits per heavy atom. The maximum atomic E-state index is 11.9. The predicted octanol–water partition coefficient (Wildman–Crippen LogP) is 1.44. The van der Waals surface area contributed by atoms with Crippen molar-refractivity contribution in [3.63, 3.8) is 0 Å². The molecule has 1 atom stereocenters. The third-order valence-electron chi connectivity index (χ3n) is 3.08. The van der Waals surface area contributed by atoms with Gasteiger partial charge in [-0.15, -0.1) is 12.4 Å². The summed E-state index contributed by atoms with van der Waals surface area (Å²) in [5.74, 6) is 0.756. The van der Waals surface area contributed by atoms with Crippen molar-refractivity contribution in [2.45, 2.75) is 18.9 Å². The molecule has 1 aliphatic heterocycles. The van der Waals surface area contributed by atoms with E-state index in [1.807, 2.05) is 35.2 Å². The monoisotopic (exact) mass is 270 g/mol. The van der Waals surface area contributed by atoms with Crippen molar-refractivity contribution in [2.24, 2.45) is 5.73 Å². The van der Waals surface area contributed by atoms with Crippen LogP contribution >= 0.6 is 12.4 Å². The topological polar surface area (TPSA) is 55.6 Å². The van der Waals surface area contributed by atoms with Crippen molar-refractivity contribution in [3.8, 4) is 5.75 Å². The van der Waals surface area contributed by atoms with Crippen LogP contribution in [0.25, 0.3) is 0 Å². The van der Waals surface area contributed by atoms with E-state index in [1.165, 1.54) is 0 Å². The van der Waals surface area contributed by atoms with Gasteiger partial charge >= 0.3 is 0 Å². The molecule has 2 rings (SSSR count). The van der Waals surface area contributed by atoms with Crippen LogP contribution in [0.3, 0.4) is 0 Å². The van der Waals surface area contributed by atoms with Gasteiger partial charge in [0.15, 0.2) is 6.61 Å².